The van der Waals surface area contributed by atoms with Crippen molar-refractivity contribution in [2.45, 2.75) is 12.8 Å². The molecule has 2 N–H and O–H groups in total. The van der Waals surface area contributed by atoms with Gasteiger partial charge in [-0.25, -0.2) is 0 Å². The molecule has 0 heterocycles. The van der Waals surface area contributed by atoms with Crippen molar-refractivity contribution in [2.24, 2.45) is 5.92 Å². The maximum absolute atomic E-state index is 12.0. The number of hydrogen-bond donors (Lipinski definition) is 2. The highest BCUT2D eigenvalue weighted by Gasteiger charge is 2.20. The summed E-state index contributed by atoms with van der Waals surface area (Å²) in [6.45, 7) is 1.17. The number of carbonyl (C=O) groups is 2. The maximum atomic E-state index is 12.0. The van der Waals surface area contributed by atoms with E-state index in [0.29, 0.717) is 11.3 Å². The van der Waals surface area contributed by atoms with Crippen molar-refractivity contribution in [3.63, 3.8) is 0 Å². The number of amides is 2. The molecule has 1 aromatic carbocycles. The molecule has 0 unspecified atom stereocenters. The summed E-state index contributed by atoms with van der Waals surface area (Å²) >= 11 is 0. The third-order valence-corrected chi connectivity index (χ3v) is 3.25. The first-order valence-corrected chi connectivity index (χ1v) is 6.89. The summed E-state index contributed by atoms with van der Waals surface area (Å²) in [7, 11) is 3.39. The lowest BCUT2D eigenvalue weighted by Gasteiger charge is -2.14. The molecule has 2 amide bonds. The van der Waals surface area contributed by atoms with Gasteiger partial charge in [-0.3, -0.25) is 9.59 Å². The van der Waals surface area contributed by atoms with E-state index in [2.05, 4.69) is 10.6 Å². The minimum atomic E-state index is -0.121. The summed E-state index contributed by atoms with van der Waals surface area (Å²) in [5.41, 5.74) is 1.07. The van der Waals surface area contributed by atoms with Crippen LogP contribution in [-0.4, -0.2) is 43.9 Å². The average Bonchev–Trinajstić information content (AvgIpc) is 3.22. The summed E-state index contributed by atoms with van der Waals surface area (Å²) in [5.74, 6) is 0.502. The lowest BCUT2D eigenvalue weighted by Crippen LogP contribution is -2.30. The van der Waals surface area contributed by atoms with Crippen molar-refractivity contribution < 1.29 is 9.59 Å². The SMILES string of the molecule is CN(C)C(=O)c1ccccc1NC(=O)CNCC1CC1. The smallest absolute Gasteiger partial charge is 0.255 e. The van der Waals surface area contributed by atoms with E-state index in [-0.39, 0.29) is 18.4 Å². The van der Waals surface area contributed by atoms with E-state index >= 15 is 0 Å². The largest absolute Gasteiger partial charge is 0.345 e. The minimum Gasteiger partial charge on any atom is -0.345 e. The Labute approximate surface area is 119 Å². The van der Waals surface area contributed by atoms with E-state index in [1.54, 1.807) is 38.4 Å². The van der Waals surface area contributed by atoms with Crippen LogP contribution in [0, 0.1) is 5.92 Å². The number of nitrogens with one attached hydrogen (secondary N) is 2. The van der Waals surface area contributed by atoms with Crippen molar-refractivity contribution in [1.29, 1.82) is 0 Å². The average molecular weight is 275 g/mol. The van der Waals surface area contributed by atoms with E-state index in [0.717, 1.165) is 12.5 Å². The summed E-state index contributed by atoms with van der Waals surface area (Å²) in [4.78, 5) is 25.4. The molecule has 0 radical (unpaired) electrons. The number of carbonyl (C=O) groups excluding carboxylic acids is 2. The van der Waals surface area contributed by atoms with E-state index in [1.807, 2.05) is 0 Å². The molecular formula is C15H21N3O2. The van der Waals surface area contributed by atoms with Crippen LogP contribution in [-0.2, 0) is 4.79 Å². The van der Waals surface area contributed by atoms with Gasteiger partial charge >= 0.3 is 0 Å². The molecule has 1 saturated carbocycles. The normalized spacial score (nSPS) is 13.9. The maximum Gasteiger partial charge on any atom is 0.255 e. The molecule has 1 aliphatic carbocycles. The molecule has 0 saturated heterocycles. The van der Waals surface area contributed by atoms with E-state index in [4.69, 9.17) is 0 Å². The second-order valence-corrected chi connectivity index (χ2v) is 5.37. The lowest BCUT2D eigenvalue weighted by molar-refractivity contribution is -0.115. The highest BCUT2D eigenvalue weighted by atomic mass is 16.2. The molecule has 5 heteroatoms. The topological polar surface area (TPSA) is 61.4 Å². The fourth-order valence-corrected chi connectivity index (χ4v) is 1.93. The quantitative estimate of drug-likeness (QED) is 0.823. The summed E-state index contributed by atoms with van der Waals surface area (Å²) in [6, 6.07) is 7.06. The standard InChI is InChI=1S/C15H21N3O2/c1-18(2)15(20)12-5-3-4-6-13(12)17-14(19)10-16-9-11-7-8-11/h3-6,11,16H,7-10H2,1-2H3,(H,17,19). The van der Waals surface area contributed by atoms with Gasteiger partial charge < -0.3 is 15.5 Å². The molecule has 0 bridgehead atoms. The first-order chi connectivity index (χ1) is 9.58. The third kappa shape index (κ3) is 4.06. The fraction of sp³-hybridized carbons (Fsp3) is 0.467. The van der Waals surface area contributed by atoms with Crippen molar-refractivity contribution in [3.8, 4) is 0 Å². The molecule has 0 spiro atoms. The second-order valence-electron chi connectivity index (χ2n) is 5.37. The van der Waals surface area contributed by atoms with Gasteiger partial charge in [0.05, 0.1) is 17.8 Å². The van der Waals surface area contributed by atoms with Gasteiger partial charge in [-0.2, -0.15) is 0 Å². The highest BCUT2D eigenvalue weighted by Crippen LogP contribution is 2.27. The van der Waals surface area contributed by atoms with Gasteiger partial charge in [-0.1, -0.05) is 12.1 Å². The van der Waals surface area contributed by atoms with E-state index in [9.17, 15) is 9.59 Å². The molecule has 108 valence electrons. The number of anilines is 1. The van der Waals surface area contributed by atoms with Crippen LogP contribution in [0.4, 0.5) is 5.69 Å². The van der Waals surface area contributed by atoms with Crippen LogP contribution < -0.4 is 10.6 Å². The molecule has 1 aromatic rings. The summed E-state index contributed by atoms with van der Waals surface area (Å²) in [5, 5.41) is 5.92. The first-order valence-electron chi connectivity index (χ1n) is 6.89. The van der Waals surface area contributed by atoms with Gasteiger partial charge in [-0.15, -0.1) is 0 Å². The minimum absolute atomic E-state index is 0.119. The van der Waals surface area contributed by atoms with Crippen LogP contribution in [0.25, 0.3) is 0 Å². The Balaban J connectivity index is 1.93. The number of para-hydroxylation sites is 1. The Kier molecular flexibility index (Phi) is 4.74. The van der Waals surface area contributed by atoms with Crippen LogP contribution in [0.1, 0.15) is 23.2 Å². The van der Waals surface area contributed by atoms with Crippen molar-refractivity contribution in [3.05, 3.63) is 29.8 Å². The van der Waals surface area contributed by atoms with Gasteiger partial charge in [0.2, 0.25) is 5.91 Å². The van der Waals surface area contributed by atoms with Gasteiger partial charge in [0.15, 0.2) is 0 Å². The van der Waals surface area contributed by atoms with E-state index in [1.165, 1.54) is 17.7 Å². The van der Waals surface area contributed by atoms with Gasteiger partial charge in [0.25, 0.3) is 5.91 Å². The van der Waals surface area contributed by atoms with Crippen molar-refractivity contribution in [2.75, 3.05) is 32.5 Å². The van der Waals surface area contributed by atoms with Crippen LogP contribution in [0.15, 0.2) is 24.3 Å². The summed E-state index contributed by atoms with van der Waals surface area (Å²) in [6.07, 6.45) is 2.52. The first kappa shape index (κ1) is 14.5. The zero-order chi connectivity index (χ0) is 14.5. The lowest BCUT2D eigenvalue weighted by atomic mass is 10.1. The van der Waals surface area contributed by atoms with Crippen LogP contribution >= 0.6 is 0 Å². The predicted molar refractivity (Wildman–Crippen MR) is 78.7 cm³/mol. The second kappa shape index (κ2) is 6.52. The van der Waals surface area contributed by atoms with Gasteiger partial charge in [0, 0.05) is 14.1 Å². The van der Waals surface area contributed by atoms with E-state index < -0.39 is 0 Å². The number of hydrogen-bond acceptors (Lipinski definition) is 3. The van der Waals surface area contributed by atoms with Crippen molar-refractivity contribution in [1.82, 2.24) is 10.2 Å². The Morgan fingerprint density at radius 3 is 2.60 bits per heavy atom. The predicted octanol–water partition coefficient (Wildman–Crippen LogP) is 1.33. The molecule has 1 aliphatic rings. The molecule has 0 aromatic heterocycles. The molecule has 5 nitrogen and oxygen atoms in total. The number of benzene rings is 1. The zero-order valence-electron chi connectivity index (χ0n) is 12.0. The van der Waals surface area contributed by atoms with Crippen LogP contribution in [0.2, 0.25) is 0 Å². The molecule has 1 fully saturated rings. The number of rotatable bonds is 6. The highest BCUT2D eigenvalue weighted by molar-refractivity contribution is 6.03. The Hall–Kier alpha value is -1.88. The Morgan fingerprint density at radius 1 is 1.25 bits per heavy atom. The zero-order valence-corrected chi connectivity index (χ0v) is 12.0. The Bertz CT molecular complexity index is 496. The number of nitrogens with zero attached hydrogens (tertiary/aromatic N) is 1. The molecular weight excluding hydrogens is 254 g/mol. The third-order valence-electron chi connectivity index (χ3n) is 3.25. The molecule has 20 heavy (non-hydrogen) atoms. The molecule has 0 atom stereocenters. The van der Waals surface area contributed by atoms with Crippen molar-refractivity contribution >= 4 is 17.5 Å². The van der Waals surface area contributed by atoms with Gasteiger partial charge in [0.1, 0.15) is 0 Å². The molecule has 0 aliphatic heterocycles. The van der Waals surface area contributed by atoms with Gasteiger partial charge in [-0.05, 0) is 37.4 Å². The van der Waals surface area contributed by atoms with Crippen LogP contribution in [0.5, 0.6) is 0 Å². The fourth-order valence-electron chi connectivity index (χ4n) is 1.93. The Morgan fingerprint density at radius 2 is 1.95 bits per heavy atom. The summed E-state index contributed by atoms with van der Waals surface area (Å²) < 4.78 is 0. The molecule has 2 rings (SSSR count). The monoisotopic (exact) mass is 275 g/mol. The van der Waals surface area contributed by atoms with Crippen LogP contribution in [0.3, 0.4) is 0 Å².